The van der Waals surface area contributed by atoms with Gasteiger partial charge >= 0.3 is 0 Å². The fourth-order valence-corrected chi connectivity index (χ4v) is 1.88. The van der Waals surface area contributed by atoms with Crippen molar-refractivity contribution in [1.82, 2.24) is 4.98 Å². The molecule has 0 unspecified atom stereocenters. The Morgan fingerprint density at radius 3 is 2.71 bits per heavy atom. The monoisotopic (exact) mass is 230 g/mol. The molecule has 1 saturated heterocycles. The molecule has 2 heterocycles. The first-order chi connectivity index (χ1) is 6.90. The Morgan fingerprint density at radius 1 is 1.36 bits per heavy atom. The van der Waals surface area contributed by atoms with E-state index in [1.807, 2.05) is 12.1 Å². The number of hydrogen-bond acceptors (Lipinski definition) is 4. The minimum absolute atomic E-state index is 0.785. The molecule has 1 aliphatic rings. The fourth-order valence-electron chi connectivity index (χ4n) is 1.40. The van der Waals surface area contributed by atoms with Gasteiger partial charge in [-0.15, -0.1) is 0 Å². The molecule has 76 valence electrons. The first-order valence-corrected chi connectivity index (χ1v) is 6.12. The molecule has 0 spiro atoms. The predicted molar refractivity (Wildman–Crippen MR) is 59.0 cm³/mol. The molecule has 1 aliphatic heterocycles. The smallest absolute Gasteiger partial charge is 0.128 e. The second-order valence-electron chi connectivity index (χ2n) is 3.03. The molecule has 0 radical (unpaired) electrons. The highest BCUT2D eigenvalue weighted by atomic mass is 35.7. The topological polar surface area (TPSA) is 25.4 Å². The van der Waals surface area contributed by atoms with Crippen molar-refractivity contribution in [2.45, 2.75) is 4.90 Å². The van der Waals surface area contributed by atoms with Crippen LogP contribution in [0.5, 0.6) is 0 Å². The van der Waals surface area contributed by atoms with E-state index in [1.54, 1.807) is 6.20 Å². The van der Waals surface area contributed by atoms with Crippen LogP contribution in [0.3, 0.4) is 0 Å². The Balaban J connectivity index is 2.07. The van der Waals surface area contributed by atoms with Crippen molar-refractivity contribution >= 4 is 27.5 Å². The van der Waals surface area contributed by atoms with Crippen LogP contribution in [0.4, 0.5) is 5.82 Å². The molecule has 0 atom stereocenters. The van der Waals surface area contributed by atoms with Crippen molar-refractivity contribution in [2.24, 2.45) is 0 Å². The number of morpholine rings is 1. The van der Waals surface area contributed by atoms with Crippen LogP contribution in [0.25, 0.3) is 0 Å². The van der Waals surface area contributed by atoms with Crippen molar-refractivity contribution in [3.05, 3.63) is 18.3 Å². The van der Waals surface area contributed by atoms with Gasteiger partial charge in [-0.2, -0.15) is 0 Å². The van der Waals surface area contributed by atoms with Crippen LogP contribution in [0.1, 0.15) is 0 Å². The summed E-state index contributed by atoms with van der Waals surface area (Å²) in [4.78, 5) is 7.53. The second-order valence-corrected chi connectivity index (χ2v) is 4.12. The van der Waals surface area contributed by atoms with E-state index in [2.05, 4.69) is 9.88 Å². The van der Waals surface area contributed by atoms with Gasteiger partial charge in [-0.05, 0) is 33.8 Å². The lowest BCUT2D eigenvalue weighted by molar-refractivity contribution is 0.122. The number of anilines is 1. The molecular weight excluding hydrogens is 220 g/mol. The highest BCUT2D eigenvalue weighted by Crippen LogP contribution is 2.22. The Morgan fingerprint density at radius 2 is 2.14 bits per heavy atom. The lowest BCUT2D eigenvalue weighted by Gasteiger charge is -2.27. The van der Waals surface area contributed by atoms with Crippen LogP contribution in [0.15, 0.2) is 23.2 Å². The number of halogens is 1. The molecule has 0 N–H and O–H groups in total. The van der Waals surface area contributed by atoms with E-state index in [0.29, 0.717) is 0 Å². The predicted octanol–water partition coefficient (Wildman–Crippen LogP) is 2.16. The van der Waals surface area contributed by atoms with Crippen LogP contribution in [-0.4, -0.2) is 31.3 Å². The van der Waals surface area contributed by atoms with Crippen LogP contribution in [-0.2, 0) is 4.74 Å². The van der Waals surface area contributed by atoms with E-state index >= 15 is 0 Å². The number of pyridine rings is 1. The lowest BCUT2D eigenvalue weighted by atomic mass is 10.4. The molecule has 0 saturated carbocycles. The quantitative estimate of drug-likeness (QED) is 0.778. The van der Waals surface area contributed by atoms with Gasteiger partial charge in [0, 0.05) is 24.2 Å². The third-order valence-corrected chi connectivity index (χ3v) is 3.10. The van der Waals surface area contributed by atoms with E-state index in [-0.39, 0.29) is 0 Å². The van der Waals surface area contributed by atoms with Crippen LogP contribution >= 0.6 is 21.7 Å². The summed E-state index contributed by atoms with van der Waals surface area (Å²) in [6.07, 6.45) is 1.79. The zero-order chi connectivity index (χ0) is 9.80. The molecular formula is C9H11ClN2OS. The van der Waals surface area contributed by atoms with Gasteiger partial charge in [0.15, 0.2) is 0 Å². The van der Waals surface area contributed by atoms with Crippen molar-refractivity contribution in [1.29, 1.82) is 0 Å². The van der Waals surface area contributed by atoms with Crippen molar-refractivity contribution in [2.75, 3.05) is 31.2 Å². The SMILES string of the molecule is ClSc1ccc(N2CCOCC2)nc1. The van der Waals surface area contributed by atoms with Gasteiger partial charge in [-0.3, -0.25) is 0 Å². The molecule has 3 nitrogen and oxygen atoms in total. The van der Waals surface area contributed by atoms with Gasteiger partial charge in [-0.1, -0.05) is 0 Å². The average molecular weight is 231 g/mol. The van der Waals surface area contributed by atoms with Crippen LogP contribution < -0.4 is 4.90 Å². The normalized spacial score (nSPS) is 17.1. The Bertz CT molecular complexity index is 287. The first-order valence-electron chi connectivity index (χ1n) is 4.47. The fraction of sp³-hybridized carbons (Fsp3) is 0.444. The summed E-state index contributed by atoms with van der Waals surface area (Å²) in [6.45, 7) is 3.40. The van der Waals surface area contributed by atoms with E-state index < -0.39 is 0 Å². The number of ether oxygens (including phenoxy) is 1. The van der Waals surface area contributed by atoms with Gasteiger partial charge in [0.1, 0.15) is 5.82 Å². The zero-order valence-corrected chi connectivity index (χ0v) is 9.22. The summed E-state index contributed by atoms with van der Waals surface area (Å²) in [7, 11) is 6.80. The average Bonchev–Trinajstić information content (AvgIpc) is 2.30. The van der Waals surface area contributed by atoms with Gasteiger partial charge in [0.05, 0.1) is 13.2 Å². The Hall–Kier alpha value is -0.450. The standard InChI is InChI=1S/C9H11ClN2OS/c10-14-8-1-2-9(11-7-8)12-3-5-13-6-4-12/h1-2,7H,3-6H2. The lowest BCUT2D eigenvalue weighted by Crippen LogP contribution is -2.36. The van der Waals surface area contributed by atoms with Crippen molar-refractivity contribution in [3.8, 4) is 0 Å². The highest BCUT2D eigenvalue weighted by molar-refractivity contribution is 8.21. The van der Waals surface area contributed by atoms with Crippen LogP contribution in [0, 0.1) is 0 Å². The highest BCUT2D eigenvalue weighted by Gasteiger charge is 2.11. The van der Waals surface area contributed by atoms with Gasteiger partial charge in [-0.25, -0.2) is 4.98 Å². The second kappa shape index (κ2) is 4.87. The van der Waals surface area contributed by atoms with E-state index in [1.165, 1.54) is 11.0 Å². The van der Waals surface area contributed by atoms with E-state index in [9.17, 15) is 0 Å². The molecule has 0 aromatic carbocycles. The van der Waals surface area contributed by atoms with E-state index in [4.69, 9.17) is 15.4 Å². The van der Waals surface area contributed by atoms with Gasteiger partial charge in [0.2, 0.25) is 0 Å². The summed E-state index contributed by atoms with van der Waals surface area (Å²) < 4.78 is 5.27. The summed E-state index contributed by atoms with van der Waals surface area (Å²) >= 11 is 0. The molecule has 1 fully saturated rings. The maximum atomic E-state index is 5.61. The molecule has 0 aliphatic carbocycles. The third-order valence-electron chi connectivity index (χ3n) is 2.14. The van der Waals surface area contributed by atoms with Gasteiger partial charge < -0.3 is 9.64 Å². The third kappa shape index (κ3) is 2.32. The zero-order valence-electron chi connectivity index (χ0n) is 7.65. The minimum atomic E-state index is 0.785. The molecule has 14 heavy (non-hydrogen) atoms. The molecule has 0 amide bonds. The maximum absolute atomic E-state index is 5.61. The van der Waals surface area contributed by atoms with Crippen molar-refractivity contribution in [3.63, 3.8) is 0 Å². The summed E-state index contributed by atoms with van der Waals surface area (Å²) in [6, 6.07) is 3.98. The first kappa shape index (κ1) is 10.1. The number of hydrogen-bond donors (Lipinski definition) is 0. The summed E-state index contributed by atoms with van der Waals surface area (Å²) in [5, 5.41) is 0. The number of aromatic nitrogens is 1. The molecule has 5 heteroatoms. The van der Waals surface area contributed by atoms with E-state index in [0.717, 1.165) is 37.0 Å². The maximum Gasteiger partial charge on any atom is 0.128 e. The summed E-state index contributed by atoms with van der Waals surface area (Å²) in [5.41, 5.74) is 0. The molecule has 1 aromatic heterocycles. The Labute approximate surface area is 91.9 Å². The van der Waals surface area contributed by atoms with Gasteiger partial charge in [0.25, 0.3) is 0 Å². The number of nitrogens with zero attached hydrogens (tertiary/aromatic N) is 2. The Kier molecular flexibility index (Phi) is 3.50. The largest absolute Gasteiger partial charge is 0.378 e. The minimum Gasteiger partial charge on any atom is -0.378 e. The molecule has 0 bridgehead atoms. The summed E-state index contributed by atoms with van der Waals surface area (Å²) in [5.74, 6) is 1.00. The van der Waals surface area contributed by atoms with Crippen molar-refractivity contribution < 1.29 is 4.74 Å². The molecule has 1 aromatic rings. The number of rotatable bonds is 2. The molecule has 2 rings (SSSR count). The van der Waals surface area contributed by atoms with Crippen LogP contribution in [0.2, 0.25) is 0 Å².